The van der Waals surface area contributed by atoms with Gasteiger partial charge in [-0.3, -0.25) is 0 Å². The highest BCUT2D eigenvalue weighted by Crippen LogP contribution is 2.26. The molecule has 92 valence electrons. The van der Waals surface area contributed by atoms with E-state index in [-0.39, 0.29) is 5.56 Å². The van der Waals surface area contributed by atoms with Gasteiger partial charge in [0.2, 0.25) is 0 Å². The summed E-state index contributed by atoms with van der Waals surface area (Å²) in [7, 11) is 0. The number of anilines is 2. The van der Waals surface area contributed by atoms with E-state index in [4.69, 9.17) is 28.3 Å². The van der Waals surface area contributed by atoms with Crippen molar-refractivity contribution in [1.82, 2.24) is 4.98 Å². The monoisotopic (exact) mass is 282 g/mol. The summed E-state index contributed by atoms with van der Waals surface area (Å²) in [5.41, 5.74) is 0.840. The molecule has 0 saturated heterocycles. The molecule has 0 aliphatic heterocycles. The van der Waals surface area contributed by atoms with E-state index in [9.17, 15) is 4.79 Å². The van der Waals surface area contributed by atoms with Gasteiger partial charge >= 0.3 is 5.97 Å². The highest BCUT2D eigenvalue weighted by atomic mass is 35.5. The standard InChI is InChI=1S/C12H8Cl2N2O2/c13-9-2-1-8(6-10(9)14)16-11-5-7(12(17)18)3-4-15-11/h1-6H,(H,15,16)(H,17,18). The number of benzene rings is 1. The number of carboxylic acids is 1. The molecule has 1 aromatic carbocycles. The minimum atomic E-state index is -1.01. The molecule has 2 aromatic rings. The first-order chi connectivity index (χ1) is 8.56. The smallest absolute Gasteiger partial charge is 0.335 e. The number of nitrogens with one attached hydrogen (secondary N) is 1. The van der Waals surface area contributed by atoms with Crippen molar-refractivity contribution < 1.29 is 9.90 Å². The van der Waals surface area contributed by atoms with Gasteiger partial charge in [-0.05, 0) is 30.3 Å². The number of nitrogens with zero attached hydrogens (tertiary/aromatic N) is 1. The van der Waals surface area contributed by atoms with Crippen LogP contribution in [0.4, 0.5) is 11.5 Å². The highest BCUT2D eigenvalue weighted by molar-refractivity contribution is 6.42. The molecule has 0 bridgehead atoms. The summed E-state index contributed by atoms with van der Waals surface area (Å²) in [5.74, 6) is -0.581. The summed E-state index contributed by atoms with van der Waals surface area (Å²) in [5, 5.41) is 12.7. The van der Waals surface area contributed by atoms with Gasteiger partial charge in [0, 0.05) is 11.9 Å². The average Bonchev–Trinajstić information content (AvgIpc) is 2.34. The maximum atomic E-state index is 10.8. The molecular formula is C12H8Cl2N2O2. The molecule has 1 heterocycles. The Morgan fingerprint density at radius 3 is 2.61 bits per heavy atom. The first-order valence-corrected chi connectivity index (χ1v) is 5.73. The zero-order valence-corrected chi connectivity index (χ0v) is 10.5. The minimum Gasteiger partial charge on any atom is -0.478 e. The molecular weight excluding hydrogens is 275 g/mol. The lowest BCUT2D eigenvalue weighted by atomic mass is 10.2. The Labute approximate surface area is 113 Å². The van der Waals surface area contributed by atoms with E-state index in [2.05, 4.69) is 10.3 Å². The molecule has 1 aromatic heterocycles. The van der Waals surface area contributed by atoms with E-state index in [0.29, 0.717) is 21.6 Å². The summed E-state index contributed by atoms with van der Waals surface area (Å²) >= 11 is 11.7. The fourth-order valence-electron chi connectivity index (χ4n) is 1.35. The SMILES string of the molecule is O=C(O)c1ccnc(Nc2ccc(Cl)c(Cl)c2)c1. The predicted octanol–water partition coefficient (Wildman–Crippen LogP) is 3.83. The van der Waals surface area contributed by atoms with Crippen LogP contribution in [0.25, 0.3) is 0 Å². The normalized spacial score (nSPS) is 10.1. The Morgan fingerprint density at radius 2 is 1.94 bits per heavy atom. The topological polar surface area (TPSA) is 62.2 Å². The predicted molar refractivity (Wildman–Crippen MR) is 70.9 cm³/mol. The number of carboxylic acid groups (broad SMARTS) is 1. The Kier molecular flexibility index (Phi) is 3.69. The Morgan fingerprint density at radius 1 is 1.17 bits per heavy atom. The van der Waals surface area contributed by atoms with Crippen LogP contribution in [0, 0.1) is 0 Å². The molecule has 6 heteroatoms. The second-order valence-corrected chi connectivity index (χ2v) is 4.30. The summed E-state index contributed by atoms with van der Waals surface area (Å²) in [6, 6.07) is 7.86. The first kappa shape index (κ1) is 12.7. The fourth-order valence-corrected chi connectivity index (χ4v) is 1.65. The lowest BCUT2D eigenvalue weighted by Gasteiger charge is -2.07. The molecule has 0 spiro atoms. The molecule has 0 atom stereocenters. The quantitative estimate of drug-likeness (QED) is 0.898. The third-order valence-corrected chi connectivity index (χ3v) is 2.94. The Balaban J connectivity index is 2.25. The largest absolute Gasteiger partial charge is 0.478 e. The molecule has 0 unspecified atom stereocenters. The van der Waals surface area contributed by atoms with Gasteiger partial charge in [0.05, 0.1) is 15.6 Å². The van der Waals surface area contributed by atoms with Gasteiger partial charge in [-0.25, -0.2) is 9.78 Å². The van der Waals surface area contributed by atoms with Crippen LogP contribution in [0.3, 0.4) is 0 Å². The molecule has 2 N–H and O–H groups in total. The number of aromatic nitrogens is 1. The number of rotatable bonds is 3. The van der Waals surface area contributed by atoms with Crippen LogP contribution in [0.2, 0.25) is 10.0 Å². The molecule has 0 amide bonds. The van der Waals surface area contributed by atoms with Crippen molar-refractivity contribution >= 4 is 40.7 Å². The van der Waals surface area contributed by atoms with E-state index in [1.54, 1.807) is 18.2 Å². The third-order valence-electron chi connectivity index (χ3n) is 2.20. The maximum absolute atomic E-state index is 10.8. The Hall–Kier alpha value is -1.78. The number of hydrogen-bond acceptors (Lipinski definition) is 3. The second-order valence-electron chi connectivity index (χ2n) is 3.49. The van der Waals surface area contributed by atoms with Crippen molar-refractivity contribution in [3.05, 3.63) is 52.1 Å². The zero-order valence-electron chi connectivity index (χ0n) is 9.02. The van der Waals surface area contributed by atoms with Crippen molar-refractivity contribution in [2.45, 2.75) is 0 Å². The maximum Gasteiger partial charge on any atom is 0.335 e. The van der Waals surface area contributed by atoms with Crippen LogP contribution in [0.5, 0.6) is 0 Å². The van der Waals surface area contributed by atoms with Crippen LogP contribution in [0.1, 0.15) is 10.4 Å². The average molecular weight is 283 g/mol. The van der Waals surface area contributed by atoms with Crippen molar-refractivity contribution in [2.75, 3.05) is 5.32 Å². The van der Waals surface area contributed by atoms with Crippen LogP contribution < -0.4 is 5.32 Å². The van der Waals surface area contributed by atoms with Crippen LogP contribution >= 0.6 is 23.2 Å². The van der Waals surface area contributed by atoms with Crippen LogP contribution in [-0.2, 0) is 0 Å². The molecule has 0 radical (unpaired) electrons. The van der Waals surface area contributed by atoms with Gasteiger partial charge in [-0.1, -0.05) is 23.2 Å². The van der Waals surface area contributed by atoms with Crippen molar-refractivity contribution in [3.63, 3.8) is 0 Å². The van der Waals surface area contributed by atoms with Gasteiger partial charge in [0.15, 0.2) is 0 Å². The number of hydrogen-bond donors (Lipinski definition) is 2. The summed E-state index contributed by atoms with van der Waals surface area (Å²) in [6.07, 6.45) is 1.42. The zero-order chi connectivity index (χ0) is 13.1. The molecule has 18 heavy (non-hydrogen) atoms. The Bertz CT molecular complexity index is 602. The third kappa shape index (κ3) is 2.91. The number of halogens is 2. The van der Waals surface area contributed by atoms with Crippen LogP contribution in [-0.4, -0.2) is 16.1 Å². The fraction of sp³-hybridized carbons (Fsp3) is 0. The van der Waals surface area contributed by atoms with Gasteiger partial charge in [-0.15, -0.1) is 0 Å². The van der Waals surface area contributed by atoms with Gasteiger partial charge in [-0.2, -0.15) is 0 Å². The van der Waals surface area contributed by atoms with Gasteiger partial charge in [0.1, 0.15) is 5.82 Å². The minimum absolute atomic E-state index is 0.160. The van der Waals surface area contributed by atoms with Crippen molar-refractivity contribution in [3.8, 4) is 0 Å². The van der Waals surface area contributed by atoms with Gasteiger partial charge in [0.25, 0.3) is 0 Å². The second kappa shape index (κ2) is 5.25. The lowest BCUT2D eigenvalue weighted by Crippen LogP contribution is -1.99. The molecule has 0 aliphatic rings. The number of aromatic carboxylic acids is 1. The first-order valence-electron chi connectivity index (χ1n) is 4.97. The lowest BCUT2D eigenvalue weighted by molar-refractivity contribution is 0.0697. The van der Waals surface area contributed by atoms with E-state index in [0.717, 1.165) is 0 Å². The number of carbonyl (C=O) groups is 1. The van der Waals surface area contributed by atoms with E-state index in [1.165, 1.54) is 18.3 Å². The molecule has 4 nitrogen and oxygen atoms in total. The van der Waals surface area contributed by atoms with Crippen molar-refractivity contribution in [1.29, 1.82) is 0 Å². The molecule has 0 aliphatic carbocycles. The molecule has 0 fully saturated rings. The number of pyridine rings is 1. The van der Waals surface area contributed by atoms with Crippen molar-refractivity contribution in [2.24, 2.45) is 0 Å². The summed E-state index contributed by atoms with van der Waals surface area (Å²) in [4.78, 5) is 14.8. The van der Waals surface area contributed by atoms with Gasteiger partial charge < -0.3 is 10.4 Å². The summed E-state index contributed by atoms with van der Waals surface area (Å²) < 4.78 is 0. The summed E-state index contributed by atoms with van der Waals surface area (Å²) in [6.45, 7) is 0. The molecule has 0 saturated carbocycles. The van der Waals surface area contributed by atoms with E-state index in [1.807, 2.05) is 0 Å². The van der Waals surface area contributed by atoms with E-state index < -0.39 is 5.97 Å². The van der Waals surface area contributed by atoms with Crippen LogP contribution in [0.15, 0.2) is 36.5 Å². The van der Waals surface area contributed by atoms with E-state index >= 15 is 0 Å². The highest BCUT2D eigenvalue weighted by Gasteiger charge is 2.05. The molecule has 2 rings (SSSR count).